The van der Waals surface area contributed by atoms with Crippen LogP contribution in [-0.2, 0) is 21.2 Å². The lowest BCUT2D eigenvalue weighted by molar-refractivity contribution is -0.121. The topological polar surface area (TPSA) is 75.3 Å². The number of hydrogen-bond donors (Lipinski definition) is 2. The normalized spacial score (nSPS) is 16.4. The predicted molar refractivity (Wildman–Crippen MR) is 99.9 cm³/mol. The van der Waals surface area contributed by atoms with Gasteiger partial charge in [0.15, 0.2) is 0 Å². The zero-order valence-electron chi connectivity index (χ0n) is 15.1. The van der Waals surface area contributed by atoms with Gasteiger partial charge in [-0.3, -0.25) is 4.79 Å². The molecule has 25 heavy (non-hydrogen) atoms. The van der Waals surface area contributed by atoms with Gasteiger partial charge < -0.3 is 5.32 Å². The van der Waals surface area contributed by atoms with Gasteiger partial charge in [-0.1, -0.05) is 44.7 Å². The molecule has 2 rings (SSSR count). The number of aryl methyl sites for hydroxylation is 1. The molecule has 0 aliphatic heterocycles. The van der Waals surface area contributed by atoms with Crippen LogP contribution in [0.2, 0.25) is 0 Å². The number of sulfonamides is 1. The van der Waals surface area contributed by atoms with E-state index in [1.165, 1.54) is 25.7 Å². The third-order valence-electron chi connectivity index (χ3n) is 4.64. The Morgan fingerprint density at radius 2 is 1.72 bits per heavy atom. The van der Waals surface area contributed by atoms with E-state index in [-0.39, 0.29) is 10.8 Å². The quantitative estimate of drug-likeness (QED) is 0.694. The van der Waals surface area contributed by atoms with Crippen LogP contribution in [0.3, 0.4) is 0 Å². The number of carbonyl (C=O) groups excluding carboxylic acids is 1. The van der Waals surface area contributed by atoms with Gasteiger partial charge in [0.1, 0.15) is 0 Å². The molecule has 0 spiro atoms. The lowest BCUT2D eigenvalue weighted by atomic mass is 10.1. The molecule has 1 aliphatic carbocycles. The summed E-state index contributed by atoms with van der Waals surface area (Å²) in [5.74, 6) is 0.0909. The van der Waals surface area contributed by atoms with E-state index < -0.39 is 10.0 Å². The van der Waals surface area contributed by atoms with Crippen molar-refractivity contribution >= 4 is 15.9 Å². The van der Waals surface area contributed by atoms with Gasteiger partial charge in [0.05, 0.1) is 4.90 Å². The number of hydrogen-bond acceptors (Lipinski definition) is 3. The van der Waals surface area contributed by atoms with Gasteiger partial charge in [-0.2, -0.15) is 0 Å². The summed E-state index contributed by atoms with van der Waals surface area (Å²) in [6, 6.07) is 7.12. The van der Waals surface area contributed by atoms with Crippen molar-refractivity contribution < 1.29 is 13.2 Å². The zero-order valence-corrected chi connectivity index (χ0v) is 15.9. The first kappa shape index (κ1) is 19.9. The highest BCUT2D eigenvalue weighted by Gasteiger charge is 2.15. The SMILES string of the molecule is CCCNS(=O)(=O)c1ccc(CCC(=O)NC2CCCCCC2)cc1. The number of nitrogens with one attached hydrogen (secondary N) is 2. The van der Waals surface area contributed by atoms with E-state index >= 15 is 0 Å². The highest BCUT2D eigenvalue weighted by Crippen LogP contribution is 2.17. The van der Waals surface area contributed by atoms with Gasteiger partial charge in [-0.25, -0.2) is 13.1 Å². The minimum Gasteiger partial charge on any atom is -0.353 e. The standard InChI is InChI=1S/C19H30N2O3S/c1-2-15-20-25(23,24)18-12-9-16(10-13-18)11-14-19(22)21-17-7-5-3-4-6-8-17/h9-10,12-13,17,20H,2-8,11,14-15H2,1H3,(H,21,22). The van der Waals surface area contributed by atoms with E-state index in [1.54, 1.807) is 24.3 Å². The minimum absolute atomic E-state index is 0.0909. The van der Waals surface area contributed by atoms with Crippen molar-refractivity contribution in [3.8, 4) is 0 Å². The second kappa shape index (κ2) is 9.92. The fraction of sp³-hybridized carbons (Fsp3) is 0.632. The highest BCUT2D eigenvalue weighted by molar-refractivity contribution is 7.89. The van der Waals surface area contributed by atoms with Crippen LogP contribution in [0.5, 0.6) is 0 Å². The van der Waals surface area contributed by atoms with Gasteiger partial charge in [0.25, 0.3) is 0 Å². The van der Waals surface area contributed by atoms with Crippen molar-refractivity contribution in [3.05, 3.63) is 29.8 Å². The Morgan fingerprint density at radius 1 is 1.08 bits per heavy atom. The summed E-state index contributed by atoms with van der Waals surface area (Å²) in [6.45, 7) is 2.36. The number of rotatable bonds is 8. The molecule has 0 heterocycles. The largest absolute Gasteiger partial charge is 0.353 e. The summed E-state index contributed by atoms with van der Waals surface area (Å²) in [5, 5.41) is 3.14. The van der Waals surface area contributed by atoms with Crippen molar-refractivity contribution in [1.29, 1.82) is 0 Å². The molecule has 0 saturated heterocycles. The predicted octanol–water partition coefficient (Wildman–Crippen LogP) is 3.15. The van der Waals surface area contributed by atoms with Gasteiger partial charge in [-0.05, 0) is 43.4 Å². The number of carbonyl (C=O) groups is 1. The Morgan fingerprint density at radius 3 is 2.32 bits per heavy atom. The monoisotopic (exact) mass is 366 g/mol. The van der Waals surface area contributed by atoms with Crippen LogP contribution in [-0.4, -0.2) is 26.9 Å². The lowest BCUT2D eigenvalue weighted by Crippen LogP contribution is -2.34. The van der Waals surface area contributed by atoms with Gasteiger partial charge >= 0.3 is 0 Å². The molecule has 0 atom stereocenters. The molecule has 1 aliphatic rings. The average Bonchev–Trinajstić information content (AvgIpc) is 2.87. The van der Waals surface area contributed by atoms with E-state index in [4.69, 9.17) is 0 Å². The van der Waals surface area contributed by atoms with Crippen LogP contribution in [0, 0.1) is 0 Å². The van der Waals surface area contributed by atoms with Crippen LogP contribution in [0.4, 0.5) is 0 Å². The molecule has 140 valence electrons. The molecule has 1 saturated carbocycles. The highest BCUT2D eigenvalue weighted by atomic mass is 32.2. The maximum Gasteiger partial charge on any atom is 0.240 e. The van der Waals surface area contributed by atoms with Crippen molar-refractivity contribution in [2.45, 2.75) is 75.6 Å². The molecular formula is C19H30N2O3S. The Hall–Kier alpha value is -1.40. The minimum atomic E-state index is -3.42. The Balaban J connectivity index is 1.81. The van der Waals surface area contributed by atoms with Crippen molar-refractivity contribution in [2.24, 2.45) is 0 Å². The Labute approximate surface area is 151 Å². The van der Waals surface area contributed by atoms with E-state index in [2.05, 4.69) is 10.0 Å². The molecule has 0 unspecified atom stereocenters. The first-order valence-electron chi connectivity index (χ1n) is 9.39. The summed E-state index contributed by atoms with van der Waals surface area (Å²) in [7, 11) is -3.42. The van der Waals surface area contributed by atoms with E-state index in [1.807, 2.05) is 6.92 Å². The van der Waals surface area contributed by atoms with Crippen LogP contribution in [0.25, 0.3) is 0 Å². The van der Waals surface area contributed by atoms with Crippen molar-refractivity contribution in [3.63, 3.8) is 0 Å². The van der Waals surface area contributed by atoms with E-state index in [0.29, 0.717) is 25.4 Å². The molecule has 0 bridgehead atoms. The first-order valence-corrected chi connectivity index (χ1v) is 10.9. The lowest BCUT2D eigenvalue weighted by Gasteiger charge is -2.16. The van der Waals surface area contributed by atoms with Gasteiger partial charge in [-0.15, -0.1) is 0 Å². The maximum atomic E-state index is 12.1. The third kappa shape index (κ3) is 6.78. The number of amides is 1. The average molecular weight is 367 g/mol. The molecular weight excluding hydrogens is 336 g/mol. The zero-order chi connectivity index (χ0) is 18.1. The van der Waals surface area contributed by atoms with E-state index in [0.717, 1.165) is 24.8 Å². The van der Waals surface area contributed by atoms with Crippen LogP contribution in [0.15, 0.2) is 29.2 Å². The molecule has 1 amide bonds. The van der Waals surface area contributed by atoms with Crippen LogP contribution in [0.1, 0.15) is 63.9 Å². The fourth-order valence-electron chi connectivity index (χ4n) is 3.14. The van der Waals surface area contributed by atoms with Gasteiger partial charge in [0, 0.05) is 19.0 Å². The molecule has 1 aromatic carbocycles. The molecule has 0 radical (unpaired) electrons. The smallest absolute Gasteiger partial charge is 0.240 e. The fourth-order valence-corrected chi connectivity index (χ4v) is 4.27. The molecule has 1 fully saturated rings. The second-order valence-corrected chi connectivity index (χ2v) is 8.56. The Bertz CT molecular complexity index is 633. The van der Waals surface area contributed by atoms with Crippen molar-refractivity contribution in [1.82, 2.24) is 10.0 Å². The Kier molecular flexibility index (Phi) is 7.90. The summed E-state index contributed by atoms with van der Waals surface area (Å²) < 4.78 is 26.6. The summed E-state index contributed by atoms with van der Waals surface area (Å²) >= 11 is 0. The van der Waals surface area contributed by atoms with Crippen LogP contribution >= 0.6 is 0 Å². The molecule has 6 heteroatoms. The van der Waals surface area contributed by atoms with Gasteiger partial charge in [0.2, 0.25) is 15.9 Å². The summed E-state index contributed by atoms with van der Waals surface area (Å²) in [6.07, 6.45) is 8.95. The molecule has 5 nitrogen and oxygen atoms in total. The molecule has 0 aromatic heterocycles. The van der Waals surface area contributed by atoms with Crippen LogP contribution < -0.4 is 10.0 Å². The summed E-state index contributed by atoms with van der Waals surface area (Å²) in [4.78, 5) is 12.4. The number of benzene rings is 1. The van der Waals surface area contributed by atoms with E-state index in [9.17, 15) is 13.2 Å². The summed E-state index contributed by atoms with van der Waals surface area (Å²) in [5.41, 5.74) is 0.977. The third-order valence-corrected chi connectivity index (χ3v) is 6.11. The van der Waals surface area contributed by atoms with Crippen molar-refractivity contribution in [2.75, 3.05) is 6.54 Å². The molecule has 1 aromatic rings. The second-order valence-electron chi connectivity index (χ2n) is 6.80. The first-order chi connectivity index (χ1) is 12.0. The molecule has 2 N–H and O–H groups in total. The maximum absolute atomic E-state index is 12.1.